The number of hydrazone groups is 1. The average molecular weight is 360 g/mol. The third kappa shape index (κ3) is 3.24. The van der Waals surface area contributed by atoms with E-state index < -0.39 is 0 Å². The number of benzene rings is 2. The fourth-order valence-corrected chi connectivity index (χ4v) is 3.33. The summed E-state index contributed by atoms with van der Waals surface area (Å²) in [6.07, 6.45) is 2.20. The fourth-order valence-electron chi connectivity index (χ4n) is 3.33. The number of hydrogen-bond acceptors (Lipinski definition) is 4. The zero-order valence-electron chi connectivity index (χ0n) is 15.3. The number of hydrogen-bond donors (Lipinski definition) is 0. The summed E-state index contributed by atoms with van der Waals surface area (Å²) in [6.45, 7) is 1.93. The minimum atomic E-state index is -0.215. The fraction of sp³-hybridized carbons (Fsp3) is 0.182. The van der Waals surface area contributed by atoms with Gasteiger partial charge in [-0.3, -0.25) is 4.79 Å². The highest BCUT2D eigenvalue weighted by Crippen LogP contribution is 2.35. The summed E-state index contributed by atoms with van der Waals surface area (Å²) in [5.41, 5.74) is 3.31. The van der Waals surface area contributed by atoms with Gasteiger partial charge < -0.3 is 9.15 Å². The molecule has 0 aliphatic carbocycles. The Morgan fingerprint density at radius 3 is 2.74 bits per heavy atom. The van der Waals surface area contributed by atoms with E-state index in [1.54, 1.807) is 18.4 Å². The molecule has 2 aromatic carbocycles. The van der Waals surface area contributed by atoms with Crippen molar-refractivity contribution in [1.82, 2.24) is 5.01 Å². The van der Waals surface area contributed by atoms with Crippen molar-refractivity contribution in [2.45, 2.75) is 19.4 Å². The van der Waals surface area contributed by atoms with Crippen molar-refractivity contribution in [3.05, 3.63) is 89.4 Å². The van der Waals surface area contributed by atoms with Gasteiger partial charge >= 0.3 is 0 Å². The summed E-state index contributed by atoms with van der Waals surface area (Å²) < 4.78 is 10.9. The molecule has 0 radical (unpaired) electrons. The van der Waals surface area contributed by atoms with Gasteiger partial charge in [-0.05, 0) is 48.4 Å². The summed E-state index contributed by atoms with van der Waals surface area (Å²) in [4.78, 5) is 13.3. The molecule has 3 aromatic rings. The first-order valence-corrected chi connectivity index (χ1v) is 8.82. The van der Waals surface area contributed by atoms with Crippen molar-refractivity contribution < 1.29 is 13.9 Å². The van der Waals surface area contributed by atoms with Gasteiger partial charge in [-0.2, -0.15) is 5.10 Å². The van der Waals surface area contributed by atoms with E-state index in [-0.39, 0.29) is 11.9 Å². The number of carbonyl (C=O) groups excluding carboxylic acids is 1. The Hall–Kier alpha value is -3.34. The second kappa shape index (κ2) is 7.11. The Morgan fingerprint density at radius 2 is 2.00 bits per heavy atom. The number of methoxy groups -OCH3 is 1. The van der Waals surface area contributed by atoms with Gasteiger partial charge in [-0.15, -0.1) is 0 Å². The van der Waals surface area contributed by atoms with E-state index in [1.165, 1.54) is 0 Å². The molecule has 0 N–H and O–H groups in total. The Balaban J connectivity index is 1.75. The number of amides is 1. The topological polar surface area (TPSA) is 55.0 Å². The van der Waals surface area contributed by atoms with E-state index in [1.807, 2.05) is 67.6 Å². The maximum absolute atomic E-state index is 13.3. The molecule has 0 saturated carbocycles. The van der Waals surface area contributed by atoms with Crippen LogP contribution in [0.4, 0.5) is 0 Å². The zero-order valence-corrected chi connectivity index (χ0v) is 15.3. The highest BCUT2D eigenvalue weighted by Gasteiger charge is 2.35. The van der Waals surface area contributed by atoms with E-state index >= 15 is 0 Å². The van der Waals surface area contributed by atoms with Crippen molar-refractivity contribution >= 4 is 11.6 Å². The van der Waals surface area contributed by atoms with Crippen molar-refractivity contribution in [2.75, 3.05) is 7.11 Å². The van der Waals surface area contributed by atoms with Gasteiger partial charge in [0.15, 0.2) is 0 Å². The third-order valence-electron chi connectivity index (χ3n) is 4.78. The van der Waals surface area contributed by atoms with E-state index in [2.05, 4.69) is 5.10 Å². The van der Waals surface area contributed by atoms with E-state index in [0.717, 1.165) is 22.6 Å². The highest BCUT2D eigenvalue weighted by molar-refractivity contribution is 6.03. The van der Waals surface area contributed by atoms with E-state index in [4.69, 9.17) is 9.15 Å². The van der Waals surface area contributed by atoms with Crippen LogP contribution in [-0.2, 0) is 0 Å². The number of ether oxygens (including phenoxy) is 1. The summed E-state index contributed by atoms with van der Waals surface area (Å²) in [7, 11) is 1.63. The first-order chi connectivity index (χ1) is 13.2. The van der Waals surface area contributed by atoms with Crippen LogP contribution in [0.1, 0.15) is 39.7 Å². The number of rotatable bonds is 4. The lowest BCUT2D eigenvalue weighted by Crippen LogP contribution is -2.27. The highest BCUT2D eigenvalue weighted by atomic mass is 16.5. The van der Waals surface area contributed by atoms with Gasteiger partial charge in [0.05, 0.1) is 19.4 Å². The van der Waals surface area contributed by atoms with Gasteiger partial charge in [0.25, 0.3) is 5.91 Å². The first kappa shape index (κ1) is 17.1. The van der Waals surface area contributed by atoms with Crippen molar-refractivity contribution in [1.29, 1.82) is 0 Å². The largest absolute Gasteiger partial charge is 0.497 e. The number of nitrogens with zero attached hydrogens (tertiary/aromatic N) is 2. The average Bonchev–Trinajstić information content (AvgIpc) is 3.37. The van der Waals surface area contributed by atoms with Gasteiger partial charge in [-0.1, -0.05) is 30.3 Å². The number of furan rings is 1. The van der Waals surface area contributed by atoms with E-state index in [9.17, 15) is 4.79 Å². The molecule has 0 unspecified atom stereocenters. The SMILES string of the molecule is COc1cccc([C@@H]2CC(c3ccco3)=NN2C(=O)c2ccccc2C)c1. The first-order valence-electron chi connectivity index (χ1n) is 8.82. The molecule has 136 valence electrons. The van der Waals surface area contributed by atoms with Gasteiger partial charge in [0.2, 0.25) is 0 Å². The van der Waals surface area contributed by atoms with Crippen LogP contribution in [0.25, 0.3) is 0 Å². The molecule has 5 heteroatoms. The minimum Gasteiger partial charge on any atom is -0.497 e. The van der Waals surface area contributed by atoms with Crippen molar-refractivity contribution in [2.24, 2.45) is 5.10 Å². The molecule has 1 aromatic heterocycles. The second-order valence-electron chi connectivity index (χ2n) is 6.49. The molecule has 0 bridgehead atoms. The molecular weight excluding hydrogens is 340 g/mol. The summed E-state index contributed by atoms with van der Waals surface area (Å²) in [5, 5.41) is 6.19. The summed E-state index contributed by atoms with van der Waals surface area (Å²) in [6, 6.07) is 18.8. The normalized spacial score (nSPS) is 16.3. The molecule has 1 amide bonds. The molecule has 1 atom stereocenters. The van der Waals surface area contributed by atoms with Gasteiger partial charge in [-0.25, -0.2) is 5.01 Å². The molecule has 0 spiro atoms. The van der Waals surface area contributed by atoms with Crippen LogP contribution in [0.15, 0.2) is 76.4 Å². The standard InChI is InChI=1S/C22H20N2O3/c1-15-7-3-4-10-18(15)22(25)24-20(16-8-5-9-17(13-16)26-2)14-19(23-24)21-11-6-12-27-21/h3-13,20H,14H2,1-2H3/t20-/m0/s1. The minimum absolute atomic E-state index is 0.123. The van der Waals surface area contributed by atoms with Crippen LogP contribution in [0.2, 0.25) is 0 Å². The second-order valence-corrected chi connectivity index (χ2v) is 6.49. The van der Waals surface area contributed by atoms with Crippen LogP contribution in [0.5, 0.6) is 5.75 Å². The van der Waals surface area contributed by atoms with Crippen molar-refractivity contribution in [3.63, 3.8) is 0 Å². The quantitative estimate of drug-likeness (QED) is 0.684. The maximum Gasteiger partial charge on any atom is 0.274 e. The maximum atomic E-state index is 13.3. The number of aryl methyl sites for hydroxylation is 1. The smallest absolute Gasteiger partial charge is 0.274 e. The molecular formula is C22H20N2O3. The Bertz CT molecular complexity index is 992. The Morgan fingerprint density at radius 1 is 1.15 bits per heavy atom. The van der Waals surface area contributed by atoms with Gasteiger partial charge in [0.1, 0.15) is 17.2 Å². The molecule has 1 aliphatic rings. The van der Waals surface area contributed by atoms with E-state index in [0.29, 0.717) is 17.7 Å². The Kier molecular flexibility index (Phi) is 4.50. The third-order valence-corrected chi connectivity index (χ3v) is 4.78. The van der Waals surface area contributed by atoms with Crippen molar-refractivity contribution in [3.8, 4) is 5.75 Å². The van der Waals surface area contributed by atoms with Crippen LogP contribution >= 0.6 is 0 Å². The van der Waals surface area contributed by atoms with Crippen LogP contribution < -0.4 is 4.74 Å². The summed E-state index contributed by atoms with van der Waals surface area (Å²) in [5.74, 6) is 1.31. The molecule has 0 fully saturated rings. The molecule has 1 aliphatic heterocycles. The Labute approximate surface area is 157 Å². The predicted octanol–water partition coefficient (Wildman–Crippen LogP) is 4.59. The number of carbonyl (C=O) groups is 1. The summed E-state index contributed by atoms with van der Waals surface area (Å²) >= 11 is 0. The molecule has 5 nitrogen and oxygen atoms in total. The lowest BCUT2D eigenvalue weighted by atomic mass is 9.99. The lowest BCUT2D eigenvalue weighted by molar-refractivity contribution is 0.0710. The molecule has 0 saturated heterocycles. The molecule has 4 rings (SSSR count). The molecule has 27 heavy (non-hydrogen) atoms. The van der Waals surface area contributed by atoms with Crippen LogP contribution in [0, 0.1) is 6.92 Å². The lowest BCUT2D eigenvalue weighted by Gasteiger charge is -2.23. The monoisotopic (exact) mass is 360 g/mol. The van der Waals surface area contributed by atoms with Crippen LogP contribution in [-0.4, -0.2) is 23.7 Å². The van der Waals surface area contributed by atoms with Crippen LogP contribution in [0.3, 0.4) is 0 Å². The van der Waals surface area contributed by atoms with Gasteiger partial charge in [0, 0.05) is 12.0 Å². The zero-order chi connectivity index (χ0) is 18.8. The predicted molar refractivity (Wildman–Crippen MR) is 103 cm³/mol. The molecule has 2 heterocycles.